The van der Waals surface area contributed by atoms with E-state index in [-0.39, 0.29) is 0 Å². The van der Waals surface area contributed by atoms with Crippen LogP contribution in [0, 0.1) is 0 Å². The quantitative estimate of drug-likeness (QED) is 0.658. The van der Waals surface area contributed by atoms with Crippen molar-refractivity contribution in [3.63, 3.8) is 0 Å². The minimum absolute atomic E-state index is 0.454. The molecule has 0 aromatic carbocycles. The van der Waals surface area contributed by atoms with Gasteiger partial charge in [-0.2, -0.15) is 13.2 Å². The first kappa shape index (κ1) is 8.53. The van der Waals surface area contributed by atoms with E-state index in [1.54, 1.807) is 0 Å². The highest BCUT2D eigenvalue weighted by Crippen LogP contribution is 2.40. The van der Waals surface area contributed by atoms with Crippen LogP contribution in [0.3, 0.4) is 0 Å². The topological polar surface area (TPSA) is 12.9 Å². The summed E-state index contributed by atoms with van der Waals surface area (Å²) in [5, 5.41) is 0. The van der Waals surface area contributed by atoms with E-state index in [1.807, 2.05) is 0 Å². The van der Waals surface area contributed by atoms with Gasteiger partial charge in [-0.1, -0.05) is 6.07 Å². The average Bonchev–Trinajstić information content (AvgIpc) is 2.85. The summed E-state index contributed by atoms with van der Waals surface area (Å²) in [4.78, 5) is 3.39. The van der Waals surface area contributed by atoms with E-state index in [0.717, 1.165) is 24.5 Å². The van der Waals surface area contributed by atoms with Crippen molar-refractivity contribution in [2.24, 2.45) is 0 Å². The first-order chi connectivity index (χ1) is 6.07. The number of halogens is 3. The van der Waals surface area contributed by atoms with Gasteiger partial charge in [0.15, 0.2) is 0 Å². The van der Waals surface area contributed by atoms with Crippen LogP contribution < -0.4 is 0 Å². The van der Waals surface area contributed by atoms with Crippen molar-refractivity contribution in [1.29, 1.82) is 0 Å². The highest BCUT2D eigenvalue weighted by atomic mass is 19.4. The molecule has 0 bridgehead atoms. The van der Waals surface area contributed by atoms with Gasteiger partial charge >= 0.3 is 6.18 Å². The maximum absolute atomic E-state index is 12.1. The van der Waals surface area contributed by atoms with Crippen LogP contribution in [-0.4, -0.2) is 4.98 Å². The number of aromatic nitrogens is 1. The Balaban J connectivity index is 2.22. The van der Waals surface area contributed by atoms with E-state index in [4.69, 9.17) is 0 Å². The van der Waals surface area contributed by atoms with E-state index in [9.17, 15) is 13.2 Å². The van der Waals surface area contributed by atoms with Crippen LogP contribution in [0.25, 0.3) is 0 Å². The summed E-state index contributed by atoms with van der Waals surface area (Å²) in [5.74, 6) is 0.454. The zero-order valence-electron chi connectivity index (χ0n) is 6.80. The fourth-order valence-electron chi connectivity index (χ4n) is 1.23. The summed E-state index contributed by atoms with van der Waals surface area (Å²) in [5.41, 5.74) is 0.116. The highest BCUT2D eigenvalue weighted by molar-refractivity contribution is 5.22. The molecule has 2 rings (SSSR count). The molecule has 1 saturated carbocycles. The summed E-state index contributed by atoms with van der Waals surface area (Å²) < 4.78 is 36.2. The zero-order valence-corrected chi connectivity index (χ0v) is 6.80. The lowest BCUT2D eigenvalue weighted by atomic mass is 10.2. The van der Waals surface area contributed by atoms with Crippen LogP contribution >= 0.6 is 0 Å². The second-order valence-corrected chi connectivity index (χ2v) is 3.25. The predicted molar refractivity (Wildman–Crippen MR) is 41.2 cm³/mol. The fourth-order valence-corrected chi connectivity index (χ4v) is 1.23. The second-order valence-electron chi connectivity index (χ2n) is 3.25. The van der Waals surface area contributed by atoms with Crippen molar-refractivity contribution < 1.29 is 13.2 Å². The van der Waals surface area contributed by atoms with E-state index >= 15 is 0 Å². The van der Waals surface area contributed by atoms with Crippen LogP contribution in [0.5, 0.6) is 0 Å². The number of rotatable bonds is 1. The highest BCUT2D eigenvalue weighted by Gasteiger charge is 2.33. The normalized spacial score (nSPS) is 17.5. The summed E-state index contributed by atoms with van der Waals surface area (Å²) in [6.07, 6.45) is -0.831. The van der Waals surface area contributed by atoms with Gasteiger partial charge in [-0.3, -0.25) is 4.98 Å². The Hall–Kier alpha value is -1.06. The molecule has 1 aliphatic carbocycles. The summed E-state index contributed by atoms with van der Waals surface area (Å²) in [7, 11) is 0. The zero-order chi connectivity index (χ0) is 9.47. The third-order valence-corrected chi connectivity index (χ3v) is 2.13. The van der Waals surface area contributed by atoms with E-state index in [2.05, 4.69) is 4.98 Å². The van der Waals surface area contributed by atoms with Crippen molar-refractivity contribution in [3.8, 4) is 0 Å². The Kier molecular flexibility index (Phi) is 1.78. The molecule has 1 aromatic rings. The molecule has 1 aromatic heterocycles. The van der Waals surface area contributed by atoms with Crippen molar-refractivity contribution in [1.82, 2.24) is 4.98 Å². The maximum atomic E-state index is 12.1. The maximum Gasteiger partial charge on any atom is 0.433 e. The van der Waals surface area contributed by atoms with Gasteiger partial charge in [0.2, 0.25) is 0 Å². The molecule has 0 spiro atoms. The summed E-state index contributed by atoms with van der Waals surface area (Å²) in [6, 6.07) is 2.57. The molecule has 13 heavy (non-hydrogen) atoms. The fraction of sp³-hybridized carbons (Fsp3) is 0.444. The standard InChI is InChI=1S/C9H8F3N/c10-9(11,12)8-4-3-7(5-13-8)6-1-2-6/h3-6H,1-2H2. The molecule has 70 valence electrons. The third-order valence-electron chi connectivity index (χ3n) is 2.13. The van der Waals surface area contributed by atoms with Gasteiger partial charge in [0.25, 0.3) is 0 Å². The molecule has 4 heteroatoms. The van der Waals surface area contributed by atoms with Crippen LogP contribution in [-0.2, 0) is 6.18 Å². The van der Waals surface area contributed by atoms with Crippen LogP contribution in [0.1, 0.15) is 30.0 Å². The Morgan fingerprint density at radius 1 is 1.23 bits per heavy atom. The third kappa shape index (κ3) is 1.82. The van der Waals surface area contributed by atoms with Crippen molar-refractivity contribution in [2.75, 3.05) is 0 Å². The number of hydrogen-bond donors (Lipinski definition) is 0. The Bertz CT molecular complexity index is 298. The van der Waals surface area contributed by atoms with E-state index < -0.39 is 11.9 Å². The average molecular weight is 187 g/mol. The molecule has 0 amide bonds. The van der Waals surface area contributed by atoms with Gasteiger partial charge in [0, 0.05) is 6.20 Å². The lowest BCUT2D eigenvalue weighted by Crippen LogP contribution is -2.07. The molecular formula is C9H8F3N. The van der Waals surface area contributed by atoms with Gasteiger partial charge < -0.3 is 0 Å². The SMILES string of the molecule is FC(F)(F)c1ccc(C2CC2)cn1. The summed E-state index contributed by atoms with van der Waals surface area (Å²) in [6.45, 7) is 0. The molecule has 1 aliphatic rings. The molecule has 0 radical (unpaired) electrons. The number of hydrogen-bond acceptors (Lipinski definition) is 1. The van der Waals surface area contributed by atoms with Crippen molar-refractivity contribution in [3.05, 3.63) is 29.6 Å². The smallest absolute Gasteiger partial charge is 0.251 e. The predicted octanol–water partition coefficient (Wildman–Crippen LogP) is 2.98. The van der Waals surface area contributed by atoms with E-state index in [1.165, 1.54) is 12.3 Å². The van der Waals surface area contributed by atoms with Gasteiger partial charge in [-0.15, -0.1) is 0 Å². The molecule has 0 atom stereocenters. The number of alkyl halides is 3. The van der Waals surface area contributed by atoms with E-state index in [0.29, 0.717) is 5.92 Å². The van der Waals surface area contributed by atoms with Crippen LogP contribution in [0.15, 0.2) is 18.3 Å². The first-order valence-corrected chi connectivity index (χ1v) is 4.10. The van der Waals surface area contributed by atoms with Gasteiger partial charge in [0.05, 0.1) is 0 Å². The number of nitrogens with zero attached hydrogens (tertiary/aromatic N) is 1. The Labute approximate surface area is 73.6 Å². The minimum Gasteiger partial charge on any atom is -0.251 e. The molecule has 1 heterocycles. The summed E-state index contributed by atoms with van der Waals surface area (Å²) >= 11 is 0. The lowest BCUT2D eigenvalue weighted by molar-refractivity contribution is -0.141. The Morgan fingerprint density at radius 2 is 1.92 bits per heavy atom. The van der Waals surface area contributed by atoms with Crippen molar-refractivity contribution >= 4 is 0 Å². The largest absolute Gasteiger partial charge is 0.433 e. The number of pyridine rings is 1. The molecule has 0 saturated heterocycles. The van der Waals surface area contributed by atoms with Gasteiger partial charge in [-0.05, 0) is 30.4 Å². The van der Waals surface area contributed by atoms with Gasteiger partial charge in [-0.25, -0.2) is 0 Å². The monoisotopic (exact) mass is 187 g/mol. The lowest BCUT2D eigenvalue weighted by Gasteiger charge is -2.05. The molecular weight excluding hydrogens is 179 g/mol. The molecule has 0 unspecified atom stereocenters. The second kappa shape index (κ2) is 2.72. The Morgan fingerprint density at radius 3 is 2.31 bits per heavy atom. The first-order valence-electron chi connectivity index (χ1n) is 4.10. The molecule has 0 aliphatic heterocycles. The molecule has 1 fully saturated rings. The molecule has 0 N–H and O–H groups in total. The molecule has 1 nitrogen and oxygen atoms in total. The minimum atomic E-state index is -4.32. The van der Waals surface area contributed by atoms with Gasteiger partial charge in [0.1, 0.15) is 5.69 Å². The van der Waals surface area contributed by atoms with Crippen molar-refractivity contribution in [2.45, 2.75) is 24.9 Å². The van der Waals surface area contributed by atoms with Crippen LogP contribution in [0.2, 0.25) is 0 Å². The van der Waals surface area contributed by atoms with Crippen LogP contribution in [0.4, 0.5) is 13.2 Å².